The lowest BCUT2D eigenvalue weighted by atomic mass is 9.72. The van der Waals surface area contributed by atoms with E-state index in [-0.39, 0.29) is 17.4 Å². The third kappa shape index (κ3) is 2.85. The fourth-order valence-electron chi connectivity index (χ4n) is 5.03. The van der Waals surface area contributed by atoms with E-state index in [9.17, 15) is 14.4 Å². The second-order valence-electron chi connectivity index (χ2n) is 8.26. The van der Waals surface area contributed by atoms with E-state index in [1.807, 2.05) is 48.5 Å². The molecule has 2 aliphatic heterocycles. The second-order valence-corrected chi connectivity index (χ2v) is 8.26. The number of hydrogen-bond acceptors (Lipinski definition) is 4. The molecule has 5 rings (SSSR count). The van der Waals surface area contributed by atoms with Crippen molar-refractivity contribution in [1.82, 2.24) is 9.47 Å². The maximum atomic E-state index is 13.6. The minimum Gasteiger partial charge on any atom is -0.497 e. The summed E-state index contributed by atoms with van der Waals surface area (Å²) in [6, 6.07) is 17.6. The lowest BCUT2D eigenvalue weighted by Crippen LogP contribution is -2.42. The number of anilines is 1. The predicted molar refractivity (Wildman–Crippen MR) is 120 cm³/mol. The number of pyridine rings is 1. The van der Waals surface area contributed by atoms with Gasteiger partial charge in [0, 0.05) is 37.1 Å². The van der Waals surface area contributed by atoms with Gasteiger partial charge in [0.25, 0.3) is 11.5 Å². The van der Waals surface area contributed by atoms with Crippen LogP contribution in [0.25, 0.3) is 0 Å². The Hall–Kier alpha value is -3.87. The van der Waals surface area contributed by atoms with Gasteiger partial charge in [-0.15, -0.1) is 0 Å². The van der Waals surface area contributed by atoms with Crippen LogP contribution in [-0.4, -0.2) is 34.9 Å². The number of fused-ring (bicyclic) bond motifs is 2. The maximum absolute atomic E-state index is 13.6. The molecule has 1 fully saturated rings. The Balaban J connectivity index is 1.68. The molecule has 3 aromatic rings. The molecule has 2 aromatic carbocycles. The van der Waals surface area contributed by atoms with Gasteiger partial charge in [0.2, 0.25) is 5.91 Å². The highest BCUT2D eigenvalue weighted by Crippen LogP contribution is 2.55. The molecule has 32 heavy (non-hydrogen) atoms. The Kier molecular flexibility index (Phi) is 4.62. The Labute approximate surface area is 185 Å². The number of para-hydroxylation sites is 1. The van der Waals surface area contributed by atoms with Crippen molar-refractivity contribution in [2.24, 2.45) is 7.05 Å². The van der Waals surface area contributed by atoms with Crippen LogP contribution in [-0.2, 0) is 17.3 Å². The number of nitrogens with one attached hydrogen (secondary N) is 1. The van der Waals surface area contributed by atoms with Gasteiger partial charge in [0.15, 0.2) is 0 Å². The molecule has 0 saturated carbocycles. The average molecular weight is 429 g/mol. The normalized spacial score (nSPS) is 21.5. The van der Waals surface area contributed by atoms with Crippen LogP contribution in [0.3, 0.4) is 0 Å². The maximum Gasteiger partial charge on any atom is 0.254 e. The SMILES string of the molecule is COc1cccc([C@@H]2N(C(=O)c3ccn(C)c(=O)c3)CC[C@]23C(=O)Nc2ccccc23)c1. The monoisotopic (exact) mass is 429 g/mol. The van der Waals surface area contributed by atoms with Crippen LogP contribution in [0.4, 0.5) is 5.69 Å². The third-order valence-electron chi connectivity index (χ3n) is 6.61. The number of rotatable bonds is 3. The molecule has 2 atom stereocenters. The Morgan fingerprint density at radius 3 is 2.69 bits per heavy atom. The van der Waals surface area contributed by atoms with Crippen LogP contribution in [0.2, 0.25) is 0 Å². The van der Waals surface area contributed by atoms with Gasteiger partial charge < -0.3 is 19.5 Å². The summed E-state index contributed by atoms with van der Waals surface area (Å²) in [5.41, 5.74) is 1.60. The molecule has 0 unspecified atom stereocenters. The van der Waals surface area contributed by atoms with Gasteiger partial charge in [-0.25, -0.2) is 0 Å². The smallest absolute Gasteiger partial charge is 0.254 e. The molecule has 2 aliphatic rings. The van der Waals surface area contributed by atoms with Crippen LogP contribution in [0, 0.1) is 0 Å². The van der Waals surface area contributed by atoms with Crippen molar-refractivity contribution in [2.45, 2.75) is 17.9 Å². The number of ether oxygens (including phenoxy) is 1. The number of amides is 2. The van der Waals surface area contributed by atoms with Gasteiger partial charge in [-0.3, -0.25) is 14.4 Å². The number of nitrogens with zero attached hydrogens (tertiary/aromatic N) is 2. The largest absolute Gasteiger partial charge is 0.497 e. The molecule has 0 aliphatic carbocycles. The van der Waals surface area contributed by atoms with Crippen molar-refractivity contribution in [1.29, 1.82) is 0 Å². The fourth-order valence-corrected chi connectivity index (χ4v) is 5.03. The summed E-state index contributed by atoms with van der Waals surface area (Å²) in [6.07, 6.45) is 2.06. The summed E-state index contributed by atoms with van der Waals surface area (Å²) in [7, 11) is 3.23. The van der Waals surface area contributed by atoms with Crippen molar-refractivity contribution in [2.75, 3.05) is 19.0 Å². The molecular weight excluding hydrogens is 406 g/mol. The minimum atomic E-state index is -0.918. The van der Waals surface area contributed by atoms with E-state index in [4.69, 9.17) is 4.74 Å². The molecule has 7 nitrogen and oxygen atoms in total. The van der Waals surface area contributed by atoms with Gasteiger partial charge in [0.1, 0.15) is 11.2 Å². The summed E-state index contributed by atoms with van der Waals surface area (Å²) in [6.45, 7) is 0.387. The lowest BCUT2D eigenvalue weighted by Gasteiger charge is -2.34. The van der Waals surface area contributed by atoms with Gasteiger partial charge in [-0.05, 0) is 41.8 Å². The molecule has 0 radical (unpaired) electrons. The van der Waals surface area contributed by atoms with E-state index in [1.54, 1.807) is 31.3 Å². The first-order chi connectivity index (χ1) is 15.5. The van der Waals surface area contributed by atoms with Crippen LogP contribution in [0.15, 0.2) is 71.7 Å². The van der Waals surface area contributed by atoms with E-state index in [2.05, 4.69) is 5.32 Å². The van der Waals surface area contributed by atoms with Crippen LogP contribution >= 0.6 is 0 Å². The number of aryl methyl sites for hydroxylation is 1. The van der Waals surface area contributed by atoms with E-state index >= 15 is 0 Å². The summed E-state index contributed by atoms with van der Waals surface area (Å²) in [4.78, 5) is 41.0. The lowest BCUT2D eigenvalue weighted by molar-refractivity contribution is -0.121. The van der Waals surface area contributed by atoms with Crippen LogP contribution in [0.5, 0.6) is 5.75 Å². The van der Waals surface area contributed by atoms with Crippen molar-refractivity contribution in [3.63, 3.8) is 0 Å². The zero-order valence-electron chi connectivity index (χ0n) is 17.9. The highest BCUT2D eigenvalue weighted by molar-refractivity contribution is 6.08. The van der Waals surface area contributed by atoms with Crippen LogP contribution in [0.1, 0.15) is 33.9 Å². The fraction of sp³-hybridized carbons (Fsp3) is 0.240. The van der Waals surface area contributed by atoms with Crippen LogP contribution < -0.4 is 15.6 Å². The Morgan fingerprint density at radius 2 is 1.91 bits per heavy atom. The highest BCUT2D eigenvalue weighted by Gasteiger charge is 2.59. The molecule has 3 heterocycles. The number of likely N-dealkylation sites (tertiary alicyclic amines) is 1. The first-order valence-corrected chi connectivity index (χ1v) is 10.5. The summed E-state index contributed by atoms with van der Waals surface area (Å²) in [5.74, 6) is 0.257. The van der Waals surface area contributed by atoms with Gasteiger partial charge >= 0.3 is 0 Å². The third-order valence-corrected chi connectivity index (χ3v) is 6.61. The summed E-state index contributed by atoms with van der Waals surface area (Å²) < 4.78 is 6.84. The zero-order valence-corrected chi connectivity index (χ0v) is 17.9. The first-order valence-electron chi connectivity index (χ1n) is 10.5. The highest BCUT2D eigenvalue weighted by atomic mass is 16.5. The number of benzene rings is 2. The molecule has 7 heteroatoms. The van der Waals surface area contributed by atoms with E-state index in [0.29, 0.717) is 24.3 Å². The second kappa shape index (κ2) is 7.37. The molecule has 1 N–H and O–H groups in total. The Morgan fingerprint density at radius 1 is 1.09 bits per heavy atom. The van der Waals surface area contributed by atoms with Gasteiger partial charge in [0.05, 0.1) is 13.2 Å². The van der Waals surface area contributed by atoms with E-state index in [1.165, 1.54) is 10.6 Å². The predicted octanol–water partition coefficient (Wildman–Crippen LogP) is 2.87. The first kappa shape index (κ1) is 20.1. The van der Waals surface area contributed by atoms with Crippen molar-refractivity contribution in [3.05, 3.63) is 93.9 Å². The number of carbonyl (C=O) groups is 2. The number of methoxy groups -OCH3 is 1. The van der Waals surface area contributed by atoms with Crippen molar-refractivity contribution in [3.8, 4) is 5.75 Å². The van der Waals surface area contributed by atoms with Gasteiger partial charge in [-0.2, -0.15) is 0 Å². The molecular formula is C25H23N3O4. The van der Waals surface area contributed by atoms with E-state index < -0.39 is 11.5 Å². The van der Waals surface area contributed by atoms with Crippen molar-refractivity contribution >= 4 is 17.5 Å². The topological polar surface area (TPSA) is 80.6 Å². The van der Waals surface area contributed by atoms with Crippen molar-refractivity contribution < 1.29 is 14.3 Å². The molecule has 162 valence electrons. The number of hydrogen-bond donors (Lipinski definition) is 1. The standard InChI is InChI=1S/C25H23N3O4/c1-27-12-10-17(15-21(27)29)23(30)28-13-11-25(19-8-3-4-9-20(19)26-24(25)31)22(28)16-6-5-7-18(14-16)32-2/h3-10,12,14-15,22H,11,13H2,1-2H3,(H,26,31)/t22-,25+/m0/s1. The average Bonchev–Trinajstić information content (AvgIpc) is 3.34. The molecule has 0 bridgehead atoms. The summed E-state index contributed by atoms with van der Waals surface area (Å²) >= 11 is 0. The van der Waals surface area contributed by atoms with E-state index in [0.717, 1.165) is 16.8 Å². The summed E-state index contributed by atoms with van der Waals surface area (Å²) in [5, 5.41) is 3.01. The number of carbonyl (C=O) groups excluding carboxylic acids is 2. The molecule has 1 aromatic heterocycles. The molecule has 2 amide bonds. The zero-order chi connectivity index (χ0) is 22.5. The number of aromatic nitrogens is 1. The molecule has 1 saturated heterocycles. The van der Waals surface area contributed by atoms with Gasteiger partial charge in [-0.1, -0.05) is 30.3 Å². The minimum absolute atomic E-state index is 0.120. The quantitative estimate of drug-likeness (QED) is 0.694. The molecule has 1 spiro atoms. The Bertz CT molecular complexity index is 1300.